The van der Waals surface area contributed by atoms with Gasteiger partial charge < -0.3 is 15.7 Å². The van der Waals surface area contributed by atoms with Crippen LogP contribution in [0.3, 0.4) is 0 Å². The zero-order valence-electron chi connectivity index (χ0n) is 10.00. The summed E-state index contributed by atoms with van der Waals surface area (Å²) in [5.41, 5.74) is 0.744. The van der Waals surface area contributed by atoms with Crippen molar-refractivity contribution in [2.75, 3.05) is 18.4 Å². The number of benzene rings is 1. The van der Waals surface area contributed by atoms with Crippen LogP contribution in [0.5, 0.6) is 0 Å². The molecule has 0 unspecified atom stereocenters. The average molecular weight is 315 g/mol. The molecule has 1 aromatic carbocycles. The van der Waals surface area contributed by atoms with Gasteiger partial charge in [0.15, 0.2) is 0 Å². The zero-order chi connectivity index (χ0) is 13.5. The van der Waals surface area contributed by atoms with Crippen LogP contribution in [0, 0.1) is 0 Å². The third kappa shape index (κ3) is 4.46. The number of hydrogen-bond acceptors (Lipinski definition) is 3. The zero-order valence-corrected chi connectivity index (χ0v) is 11.6. The largest absolute Gasteiger partial charge is 0.478 e. The van der Waals surface area contributed by atoms with Crippen LogP contribution in [0.2, 0.25) is 0 Å². The molecule has 6 heteroatoms. The van der Waals surface area contributed by atoms with Gasteiger partial charge in [-0.05, 0) is 40.7 Å². The van der Waals surface area contributed by atoms with Crippen molar-refractivity contribution in [2.24, 2.45) is 0 Å². The maximum absolute atomic E-state index is 11.6. The van der Waals surface area contributed by atoms with E-state index in [0.29, 0.717) is 23.1 Å². The molecule has 0 aromatic heterocycles. The molecule has 1 aromatic rings. The van der Waals surface area contributed by atoms with E-state index in [-0.39, 0.29) is 11.5 Å². The van der Waals surface area contributed by atoms with E-state index in [0.717, 1.165) is 6.54 Å². The lowest BCUT2D eigenvalue weighted by atomic mass is 10.2. The van der Waals surface area contributed by atoms with Crippen LogP contribution in [0.4, 0.5) is 5.69 Å². The molecule has 5 nitrogen and oxygen atoms in total. The highest BCUT2D eigenvalue weighted by atomic mass is 79.9. The maximum atomic E-state index is 11.6. The van der Waals surface area contributed by atoms with Gasteiger partial charge in [0.1, 0.15) is 0 Å². The molecule has 0 aliphatic heterocycles. The predicted molar refractivity (Wildman–Crippen MR) is 72.9 cm³/mol. The smallest absolute Gasteiger partial charge is 0.335 e. The maximum Gasteiger partial charge on any atom is 0.335 e. The summed E-state index contributed by atoms with van der Waals surface area (Å²) in [5.74, 6) is -1.11. The number of carboxylic acid groups (broad SMARTS) is 1. The second kappa shape index (κ2) is 7.13. The summed E-state index contributed by atoms with van der Waals surface area (Å²) in [7, 11) is 0. The third-order valence-corrected chi connectivity index (χ3v) is 2.93. The van der Waals surface area contributed by atoms with Crippen LogP contribution in [0.15, 0.2) is 22.7 Å². The van der Waals surface area contributed by atoms with Crippen molar-refractivity contribution in [1.29, 1.82) is 0 Å². The number of nitrogens with one attached hydrogen (secondary N) is 2. The normalized spacial score (nSPS) is 10.1. The highest BCUT2D eigenvalue weighted by molar-refractivity contribution is 9.10. The Balaban J connectivity index is 2.62. The summed E-state index contributed by atoms with van der Waals surface area (Å²) in [5, 5.41) is 14.6. The highest BCUT2D eigenvalue weighted by Gasteiger charge is 2.08. The Kier molecular flexibility index (Phi) is 5.80. The topological polar surface area (TPSA) is 78.4 Å². The molecule has 0 aliphatic carbocycles. The van der Waals surface area contributed by atoms with Crippen LogP contribution in [-0.2, 0) is 4.79 Å². The van der Waals surface area contributed by atoms with Gasteiger partial charge in [-0.15, -0.1) is 0 Å². The molecule has 98 valence electrons. The number of carboxylic acids is 1. The van der Waals surface area contributed by atoms with Crippen molar-refractivity contribution in [3.05, 3.63) is 28.2 Å². The fraction of sp³-hybridized carbons (Fsp3) is 0.333. The van der Waals surface area contributed by atoms with Crippen molar-refractivity contribution in [3.63, 3.8) is 0 Å². The molecule has 0 saturated carbocycles. The number of halogens is 1. The number of amides is 1. The Labute approximate surface area is 114 Å². The number of carbonyl (C=O) groups excluding carboxylic acids is 1. The quantitative estimate of drug-likeness (QED) is 0.702. The van der Waals surface area contributed by atoms with Crippen molar-refractivity contribution >= 4 is 33.5 Å². The van der Waals surface area contributed by atoms with E-state index >= 15 is 0 Å². The summed E-state index contributed by atoms with van der Waals surface area (Å²) in [6.45, 7) is 3.41. The molecule has 0 heterocycles. The molecule has 0 bridgehead atoms. The number of aromatic carboxylic acids is 1. The Morgan fingerprint density at radius 3 is 2.67 bits per heavy atom. The Morgan fingerprint density at radius 2 is 2.11 bits per heavy atom. The van der Waals surface area contributed by atoms with Crippen LogP contribution in [0.1, 0.15) is 23.7 Å². The van der Waals surface area contributed by atoms with Gasteiger partial charge in [-0.25, -0.2) is 4.79 Å². The summed E-state index contributed by atoms with van der Waals surface area (Å²) in [6, 6.07) is 4.48. The van der Waals surface area contributed by atoms with Gasteiger partial charge in [0.2, 0.25) is 5.91 Å². The minimum atomic E-state index is -0.999. The summed E-state index contributed by atoms with van der Waals surface area (Å²) in [4.78, 5) is 22.3. The molecular weight excluding hydrogens is 300 g/mol. The first-order valence-electron chi connectivity index (χ1n) is 5.58. The van der Waals surface area contributed by atoms with Gasteiger partial charge in [0, 0.05) is 17.4 Å². The molecule has 1 amide bonds. The Hall–Kier alpha value is -1.40. The van der Waals surface area contributed by atoms with E-state index < -0.39 is 5.97 Å². The first-order valence-corrected chi connectivity index (χ1v) is 6.37. The molecule has 0 fully saturated rings. The number of carbonyl (C=O) groups is 2. The fourth-order valence-corrected chi connectivity index (χ4v) is 1.82. The summed E-state index contributed by atoms with van der Waals surface area (Å²) in [6.07, 6.45) is 0.376. The van der Waals surface area contributed by atoms with E-state index in [1.807, 2.05) is 6.92 Å². The first kappa shape index (κ1) is 14.7. The van der Waals surface area contributed by atoms with Crippen molar-refractivity contribution < 1.29 is 14.7 Å². The first-order chi connectivity index (χ1) is 8.54. The summed E-state index contributed by atoms with van der Waals surface area (Å²) < 4.78 is 0.555. The van der Waals surface area contributed by atoms with Gasteiger partial charge in [0.25, 0.3) is 0 Å². The molecule has 0 spiro atoms. The van der Waals surface area contributed by atoms with Crippen LogP contribution in [-0.4, -0.2) is 30.1 Å². The molecule has 3 N–H and O–H groups in total. The predicted octanol–water partition coefficient (Wildman–Crippen LogP) is 2.09. The molecule has 18 heavy (non-hydrogen) atoms. The van der Waals surface area contributed by atoms with Crippen molar-refractivity contribution in [2.45, 2.75) is 13.3 Å². The number of hydrogen-bond donors (Lipinski definition) is 3. The Bertz CT molecular complexity index is 449. The second-order valence-electron chi connectivity index (χ2n) is 3.65. The standard InChI is InChI=1S/C12H15BrN2O3/c1-2-14-6-5-11(16)15-10-4-3-8(12(17)18)7-9(10)13/h3-4,7,14H,2,5-6H2,1H3,(H,15,16)(H,17,18). The van der Waals surface area contributed by atoms with E-state index in [4.69, 9.17) is 5.11 Å². The van der Waals surface area contributed by atoms with E-state index in [1.54, 1.807) is 6.07 Å². The minimum Gasteiger partial charge on any atom is -0.478 e. The van der Waals surface area contributed by atoms with Gasteiger partial charge in [-0.2, -0.15) is 0 Å². The van der Waals surface area contributed by atoms with Crippen LogP contribution < -0.4 is 10.6 Å². The molecule has 0 aliphatic rings. The van der Waals surface area contributed by atoms with Gasteiger partial charge >= 0.3 is 5.97 Å². The molecule has 0 radical (unpaired) electrons. The van der Waals surface area contributed by atoms with Crippen molar-refractivity contribution in [3.8, 4) is 0 Å². The van der Waals surface area contributed by atoms with Gasteiger partial charge in [-0.1, -0.05) is 6.92 Å². The highest BCUT2D eigenvalue weighted by Crippen LogP contribution is 2.23. The molecule has 0 saturated heterocycles. The van der Waals surface area contributed by atoms with E-state index in [1.165, 1.54) is 12.1 Å². The Morgan fingerprint density at radius 1 is 1.39 bits per heavy atom. The molecule has 0 atom stereocenters. The van der Waals surface area contributed by atoms with E-state index in [9.17, 15) is 9.59 Å². The lowest BCUT2D eigenvalue weighted by molar-refractivity contribution is -0.116. The third-order valence-electron chi connectivity index (χ3n) is 2.27. The van der Waals surface area contributed by atoms with Crippen LogP contribution >= 0.6 is 15.9 Å². The van der Waals surface area contributed by atoms with Crippen LogP contribution in [0.25, 0.3) is 0 Å². The number of rotatable bonds is 6. The minimum absolute atomic E-state index is 0.111. The lowest BCUT2D eigenvalue weighted by Crippen LogP contribution is -2.21. The molecular formula is C12H15BrN2O3. The number of anilines is 1. The lowest BCUT2D eigenvalue weighted by Gasteiger charge is -2.08. The van der Waals surface area contributed by atoms with E-state index in [2.05, 4.69) is 26.6 Å². The fourth-order valence-electron chi connectivity index (χ4n) is 1.34. The average Bonchev–Trinajstić information content (AvgIpc) is 2.32. The van der Waals surface area contributed by atoms with Gasteiger partial charge in [0.05, 0.1) is 11.3 Å². The monoisotopic (exact) mass is 314 g/mol. The van der Waals surface area contributed by atoms with Crippen molar-refractivity contribution in [1.82, 2.24) is 5.32 Å². The van der Waals surface area contributed by atoms with Gasteiger partial charge in [-0.3, -0.25) is 4.79 Å². The SMILES string of the molecule is CCNCCC(=O)Nc1ccc(C(=O)O)cc1Br. The molecule has 1 rings (SSSR count). The second-order valence-corrected chi connectivity index (χ2v) is 4.51. The summed E-state index contributed by atoms with van der Waals surface area (Å²) >= 11 is 3.23.